The minimum atomic E-state index is -0.105. The number of ketones is 3. The van der Waals surface area contributed by atoms with Gasteiger partial charge in [0.15, 0.2) is 0 Å². The second kappa shape index (κ2) is 21.5. The Bertz CT molecular complexity index is 738. The molecule has 0 rings (SSSR count). The Kier molecular flexibility index (Phi) is 19.9. The minimum Gasteiger partial charge on any atom is -0.359 e. The first-order valence-electron chi connectivity index (χ1n) is 13.5. The van der Waals surface area contributed by atoms with Crippen LogP contribution in [0.1, 0.15) is 97.3 Å². The topological polar surface area (TPSA) is 142 Å². The summed E-state index contributed by atoms with van der Waals surface area (Å²) in [6.07, 6.45) is 6.72. The van der Waals surface area contributed by atoms with Crippen LogP contribution in [0.3, 0.4) is 0 Å². The molecule has 0 saturated carbocycles. The zero-order chi connectivity index (χ0) is 28.1. The molecule has 0 aliphatic carbocycles. The number of unbranched alkanes of at least 4 members (excludes halogenated alkanes) is 4. The van der Waals surface area contributed by atoms with Crippen molar-refractivity contribution in [2.75, 3.05) is 33.7 Å². The van der Waals surface area contributed by atoms with Crippen molar-refractivity contribution in [3.8, 4) is 0 Å². The third-order valence-corrected chi connectivity index (χ3v) is 5.79. The van der Waals surface area contributed by atoms with Gasteiger partial charge in [0.2, 0.25) is 17.7 Å². The van der Waals surface area contributed by atoms with Gasteiger partial charge in [-0.25, -0.2) is 0 Å². The van der Waals surface area contributed by atoms with Crippen molar-refractivity contribution in [2.45, 2.75) is 103 Å². The molecule has 0 aliphatic rings. The molecule has 0 radical (unpaired) electrons. The predicted molar refractivity (Wildman–Crippen MR) is 143 cm³/mol. The lowest BCUT2D eigenvalue weighted by Gasteiger charge is -2.20. The summed E-state index contributed by atoms with van der Waals surface area (Å²) < 4.78 is 0. The Balaban J connectivity index is 4.63. The molecule has 0 fully saturated rings. The van der Waals surface area contributed by atoms with E-state index >= 15 is 0 Å². The van der Waals surface area contributed by atoms with Crippen LogP contribution in [0.25, 0.3) is 0 Å². The molecule has 0 aromatic carbocycles. The maximum Gasteiger partial charge on any atom is 0.220 e. The molecule has 0 unspecified atom stereocenters. The number of nitrogens with one attached hydrogen (secondary N) is 3. The van der Waals surface area contributed by atoms with Gasteiger partial charge in [-0.05, 0) is 46.0 Å². The molecule has 0 bridgehead atoms. The monoisotopic (exact) mass is 524 g/mol. The van der Waals surface area contributed by atoms with Gasteiger partial charge in [-0.3, -0.25) is 33.7 Å². The maximum atomic E-state index is 12.6. The van der Waals surface area contributed by atoms with E-state index in [2.05, 4.69) is 16.0 Å². The Morgan fingerprint density at radius 2 is 0.865 bits per heavy atom. The van der Waals surface area contributed by atoms with Gasteiger partial charge in [0.25, 0.3) is 0 Å². The number of carbonyl (C=O) groups excluding carboxylic acids is 6. The van der Waals surface area contributed by atoms with E-state index in [0.29, 0.717) is 44.9 Å². The maximum absolute atomic E-state index is 12.6. The lowest BCUT2D eigenvalue weighted by molar-refractivity contribution is -0.126. The highest BCUT2D eigenvalue weighted by molar-refractivity contribution is 5.86. The van der Waals surface area contributed by atoms with Crippen molar-refractivity contribution < 1.29 is 28.8 Å². The highest BCUT2D eigenvalue weighted by atomic mass is 16.2. The summed E-state index contributed by atoms with van der Waals surface area (Å²) in [5.74, 6) is -0.356. The molecule has 0 aromatic heterocycles. The molecule has 0 heterocycles. The molecule has 10 heteroatoms. The summed E-state index contributed by atoms with van der Waals surface area (Å²) in [5, 5.41) is 7.92. The standard InChI is InChI=1S/C27H48N4O6/c1-21(2)30-27(37)17-11-14-24(34)20-31(19-23(33)13-9-10-16-26(36)29-4)18-22(32)12-7-5-6-8-15-25(35)28-3/h21H,5-20H2,1-4H3,(H,28,35)(H,29,36)(H,30,37). The van der Waals surface area contributed by atoms with E-state index in [1.807, 2.05) is 13.8 Å². The molecule has 3 amide bonds. The zero-order valence-corrected chi connectivity index (χ0v) is 23.3. The quantitative estimate of drug-likeness (QED) is 0.174. The molecule has 0 saturated heterocycles. The van der Waals surface area contributed by atoms with Crippen LogP contribution in [0.15, 0.2) is 0 Å². The van der Waals surface area contributed by atoms with Crippen LogP contribution in [-0.2, 0) is 28.8 Å². The molecule has 3 N–H and O–H groups in total. The number of rotatable bonds is 23. The highest BCUT2D eigenvalue weighted by Crippen LogP contribution is 2.08. The van der Waals surface area contributed by atoms with E-state index in [-0.39, 0.29) is 80.0 Å². The normalized spacial score (nSPS) is 10.9. The lowest BCUT2D eigenvalue weighted by Crippen LogP contribution is -2.38. The number of hydrogen-bond acceptors (Lipinski definition) is 7. The third-order valence-electron chi connectivity index (χ3n) is 5.79. The van der Waals surface area contributed by atoms with E-state index in [1.165, 1.54) is 0 Å². The van der Waals surface area contributed by atoms with Gasteiger partial charge in [0.1, 0.15) is 17.3 Å². The van der Waals surface area contributed by atoms with Crippen LogP contribution in [0, 0.1) is 0 Å². The molecule has 0 aromatic rings. The van der Waals surface area contributed by atoms with E-state index < -0.39 is 0 Å². The molecule has 0 aliphatic heterocycles. The summed E-state index contributed by atoms with van der Waals surface area (Å²) in [4.78, 5) is 73.5. The Morgan fingerprint density at radius 3 is 1.30 bits per heavy atom. The van der Waals surface area contributed by atoms with Gasteiger partial charge in [0.05, 0.1) is 19.6 Å². The predicted octanol–water partition coefficient (Wildman–Crippen LogP) is 2.08. The van der Waals surface area contributed by atoms with Crippen LogP contribution in [-0.4, -0.2) is 79.7 Å². The fourth-order valence-corrected chi connectivity index (χ4v) is 3.81. The Morgan fingerprint density at radius 1 is 0.514 bits per heavy atom. The first-order valence-corrected chi connectivity index (χ1v) is 13.5. The fraction of sp³-hybridized carbons (Fsp3) is 0.778. The summed E-state index contributed by atoms with van der Waals surface area (Å²) in [5.41, 5.74) is 0. The molecular formula is C27H48N4O6. The van der Waals surface area contributed by atoms with Crippen LogP contribution in [0.4, 0.5) is 0 Å². The van der Waals surface area contributed by atoms with Gasteiger partial charge in [-0.1, -0.05) is 12.8 Å². The second-order valence-electron chi connectivity index (χ2n) is 9.80. The number of amides is 3. The highest BCUT2D eigenvalue weighted by Gasteiger charge is 2.18. The van der Waals surface area contributed by atoms with Crippen molar-refractivity contribution in [3.05, 3.63) is 0 Å². The zero-order valence-electron chi connectivity index (χ0n) is 23.3. The number of carbonyl (C=O) groups is 6. The van der Waals surface area contributed by atoms with Crippen molar-refractivity contribution in [2.24, 2.45) is 0 Å². The van der Waals surface area contributed by atoms with Gasteiger partial charge in [-0.2, -0.15) is 0 Å². The van der Waals surface area contributed by atoms with Crippen LogP contribution >= 0.6 is 0 Å². The molecule has 10 nitrogen and oxygen atoms in total. The van der Waals surface area contributed by atoms with E-state index in [1.54, 1.807) is 19.0 Å². The van der Waals surface area contributed by atoms with Crippen molar-refractivity contribution in [3.63, 3.8) is 0 Å². The first-order chi connectivity index (χ1) is 17.6. The summed E-state index contributed by atoms with van der Waals surface area (Å²) >= 11 is 0. The number of Topliss-reactive ketones (excluding diaryl/α,β-unsaturated/α-hetero) is 3. The first kappa shape index (κ1) is 34.4. The van der Waals surface area contributed by atoms with Crippen molar-refractivity contribution in [1.82, 2.24) is 20.9 Å². The molecule has 0 atom stereocenters. The van der Waals surface area contributed by atoms with Gasteiger partial charge < -0.3 is 16.0 Å². The average molecular weight is 525 g/mol. The Labute approximate surface area is 222 Å². The van der Waals surface area contributed by atoms with Crippen LogP contribution in [0.5, 0.6) is 0 Å². The second-order valence-corrected chi connectivity index (χ2v) is 9.80. The number of nitrogens with zero attached hydrogens (tertiary/aromatic N) is 1. The van der Waals surface area contributed by atoms with Gasteiger partial charge >= 0.3 is 0 Å². The molecule has 0 spiro atoms. The molecule has 212 valence electrons. The van der Waals surface area contributed by atoms with Crippen molar-refractivity contribution in [1.29, 1.82) is 0 Å². The van der Waals surface area contributed by atoms with E-state index in [0.717, 1.165) is 19.3 Å². The van der Waals surface area contributed by atoms with Crippen LogP contribution < -0.4 is 16.0 Å². The van der Waals surface area contributed by atoms with E-state index in [9.17, 15) is 28.8 Å². The summed E-state index contributed by atoms with van der Waals surface area (Å²) in [6.45, 7) is 3.78. The summed E-state index contributed by atoms with van der Waals surface area (Å²) in [7, 11) is 3.18. The smallest absolute Gasteiger partial charge is 0.220 e. The Hall–Kier alpha value is -2.62. The van der Waals surface area contributed by atoms with E-state index in [4.69, 9.17) is 0 Å². The van der Waals surface area contributed by atoms with Crippen molar-refractivity contribution >= 4 is 35.1 Å². The molecule has 37 heavy (non-hydrogen) atoms. The SMILES string of the molecule is CNC(=O)CCCCCCC(=O)CN(CC(=O)CCCCC(=O)NC)CC(=O)CCCC(=O)NC(C)C. The largest absolute Gasteiger partial charge is 0.359 e. The number of hydrogen-bond donors (Lipinski definition) is 3. The summed E-state index contributed by atoms with van der Waals surface area (Å²) in [6, 6.07) is 0.0444. The fourth-order valence-electron chi connectivity index (χ4n) is 3.81. The third kappa shape index (κ3) is 21.2. The van der Waals surface area contributed by atoms with Gasteiger partial charge in [-0.15, -0.1) is 0 Å². The minimum absolute atomic E-state index is 0.00630. The lowest BCUT2D eigenvalue weighted by atomic mass is 10.1. The van der Waals surface area contributed by atoms with Gasteiger partial charge in [0, 0.05) is 58.7 Å². The molecular weight excluding hydrogens is 476 g/mol. The van der Waals surface area contributed by atoms with Crippen LogP contribution in [0.2, 0.25) is 0 Å². The average Bonchev–Trinajstić information content (AvgIpc) is 2.82.